The smallest absolute Gasteiger partial charge is 0.315 e. The van der Waals surface area contributed by atoms with Gasteiger partial charge in [-0.15, -0.1) is 5.10 Å². The van der Waals surface area contributed by atoms with Crippen LogP contribution < -0.4 is 16.4 Å². The lowest BCUT2D eigenvalue weighted by Crippen LogP contribution is -2.41. The Bertz CT molecular complexity index is 1110. The summed E-state index contributed by atoms with van der Waals surface area (Å²) in [5, 5.41) is 21.7. The predicted octanol–water partition coefficient (Wildman–Crippen LogP) is 2.69. The van der Waals surface area contributed by atoms with Gasteiger partial charge in [0.05, 0.1) is 38.2 Å². The van der Waals surface area contributed by atoms with Crippen LogP contribution in [-0.4, -0.2) is 39.1 Å². The van der Waals surface area contributed by atoms with Crippen LogP contribution in [0.1, 0.15) is 30.2 Å². The maximum absolute atomic E-state index is 12.5. The molecule has 0 fully saturated rings. The summed E-state index contributed by atoms with van der Waals surface area (Å²) in [5.41, 5.74) is 8.87. The molecular formula is C25H31N7O3. The highest BCUT2D eigenvalue weighted by Crippen LogP contribution is 2.10. The Morgan fingerprint density at radius 3 is 2.51 bits per heavy atom. The van der Waals surface area contributed by atoms with E-state index in [9.17, 15) is 9.59 Å². The molecule has 0 radical (unpaired) electrons. The van der Waals surface area contributed by atoms with Gasteiger partial charge in [0.25, 0.3) is 0 Å². The number of nitrogen functional groups attached to an aromatic ring is 1. The van der Waals surface area contributed by atoms with Gasteiger partial charge in [-0.25, -0.2) is 4.79 Å². The molecular weight excluding hydrogens is 446 g/mol. The van der Waals surface area contributed by atoms with Gasteiger partial charge in [0.2, 0.25) is 0 Å². The third kappa shape index (κ3) is 8.35. The van der Waals surface area contributed by atoms with Crippen LogP contribution in [0.3, 0.4) is 0 Å². The van der Waals surface area contributed by atoms with Crippen LogP contribution >= 0.6 is 0 Å². The summed E-state index contributed by atoms with van der Waals surface area (Å²) < 4.78 is 7.29. The first-order chi connectivity index (χ1) is 16.9. The number of hydrogen-bond acceptors (Lipinski definition) is 7. The van der Waals surface area contributed by atoms with E-state index < -0.39 is 11.8 Å². The van der Waals surface area contributed by atoms with Gasteiger partial charge in [-0.2, -0.15) is 0 Å². The second kappa shape index (κ2) is 13.0. The normalized spacial score (nSPS) is 11.6. The van der Waals surface area contributed by atoms with Crippen LogP contribution in [0.4, 0.5) is 10.5 Å². The lowest BCUT2D eigenvalue weighted by molar-refractivity contribution is -0.112. The quantitative estimate of drug-likeness (QED) is 0.220. The highest BCUT2D eigenvalue weighted by Gasteiger charge is 2.21. The summed E-state index contributed by atoms with van der Waals surface area (Å²) in [6.07, 6.45) is 2.34. The van der Waals surface area contributed by atoms with Gasteiger partial charge in [-0.05, 0) is 29.7 Å². The third-order valence-corrected chi connectivity index (χ3v) is 5.40. The highest BCUT2D eigenvalue weighted by atomic mass is 16.5. The fourth-order valence-corrected chi connectivity index (χ4v) is 3.36. The molecule has 0 aliphatic rings. The first kappa shape index (κ1) is 25.6. The van der Waals surface area contributed by atoms with Crippen LogP contribution in [0.5, 0.6) is 0 Å². The van der Waals surface area contributed by atoms with Crippen LogP contribution in [0.25, 0.3) is 0 Å². The number of benzene rings is 2. The Morgan fingerprint density at radius 2 is 1.80 bits per heavy atom. The monoisotopic (exact) mass is 477 g/mol. The molecule has 0 spiro atoms. The van der Waals surface area contributed by atoms with E-state index in [1.54, 1.807) is 23.0 Å². The molecule has 1 heterocycles. The van der Waals surface area contributed by atoms with Crippen molar-refractivity contribution in [2.45, 2.75) is 39.6 Å². The number of ether oxygens (including phenoxy) is 1. The van der Waals surface area contributed by atoms with Gasteiger partial charge in [0, 0.05) is 18.2 Å². The number of nitrogens with two attached hydrogens (primary N) is 1. The Labute approximate surface area is 204 Å². The van der Waals surface area contributed by atoms with E-state index in [1.165, 1.54) is 0 Å². The molecule has 184 valence electrons. The molecule has 10 nitrogen and oxygen atoms in total. The van der Waals surface area contributed by atoms with Crippen molar-refractivity contribution in [1.29, 1.82) is 5.41 Å². The van der Waals surface area contributed by atoms with E-state index in [2.05, 4.69) is 20.9 Å². The highest BCUT2D eigenvalue weighted by molar-refractivity contribution is 6.40. The first-order valence-corrected chi connectivity index (χ1v) is 11.4. The number of carbonyl (C=O) groups is 2. The van der Waals surface area contributed by atoms with Crippen molar-refractivity contribution in [3.05, 3.63) is 77.6 Å². The van der Waals surface area contributed by atoms with Crippen LogP contribution in [0, 0.1) is 11.3 Å². The molecule has 0 bridgehead atoms. The summed E-state index contributed by atoms with van der Waals surface area (Å²) in [4.78, 5) is 24.5. The molecule has 1 aromatic heterocycles. The van der Waals surface area contributed by atoms with E-state index in [-0.39, 0.29) is 18.2 Å². The molecule has 1 atom stereocenters. The second-order valence-corrected chi connectivity index (χ2v) is 8.13. The van der Waals surface area contributed by atoms with Crippen molar-refractivity contribution >= 4 is 23.2 Å². The topological polar surface area (TPSA) is 148 Å². The summed E-state index contributed by atoms with van der Waals surface area (Å²) in [7, 11) is 0. The molecule has 0 aliphatic carbocycles. The fourth-order valence-electron chi connectivity index (χ4n) is 3.36. The van der Waals surface area contributed by atoms with Gasteiger partial charge >= 0.3 is 6.03 Å². The van der Waals surface area contributed by atoms with Crippen LogP contribution in [-0.2, 0) is 35.8 Å². The Hall–Kier alpha value is -4.05. The van der Waals surface area contributed by atoms with Crippen molar-refractivity contribution in [2.75, 3.05) is 12.3 Å². The van der Waals surface area contributed by atoms with Gasteiger partial charge in [0.1, 0.15) is 5.69 Å². The van der Waals surface area contributed by atoms with Crippen molar-refractivity contribution in [3.8, 4) is 0 Å². The molecule has 5 N–H and O–H groups in total. The molecule has 10 heteroatoms. The number of aromatic nitrogens is 3. The Kier molecular flexibility index (Phi) is 9.49. The number of nitrogens with zero attached hydrogens (tertiary/aromatic N) is 3. The largest absolute Gasteiger partial charge is 0.399 e. The Balaban J connectivity index is 1.40. The van der Waals surface area contributed by atoms with Gasteiger partial charge in [-0.3, -0.25) is 9.48 Å². The third-order valence-electron chi connectivity index (χ3n) is 5.40. The lowest BCUT2D eigenvalue weighted by atomic mass is 9.97. The lowest BCUT2D eigenvalue weighted by Gasteiger charge is -2.15. The number of carbonyl (C=O) groups excluding carboxylic acids is 2. The first-order valence-electron chi connectivity index (χ1n) is 11.4. The molecule has 35 heavy (non-hydrogen) atoms. The number of rotatable bonds is 13. The number of amides is 2. The fraction of sp³-hybridized carbons (Fsp3) is 0.320. The summed E-state index contributed by atoms with van der Waals surface area (Å²) in [6, 6.07) is 16.5. The predicted molar refractivity (Wildman–Crippen MR) is 133 cm³/mol. The van der Waals surface area contributed by atoms with E-state index in [0.717, 1.165) is 11.1 Å². The minimum atomic E-state index is -0.479. The summed E-state index contributed by atoms with van der Waals surface area (Å²) in [6.45, 7) is 3.09. The molecule has 3 rings (SSSR count). The molecule has 0 saturated heterocycles. The van der Waals surface area contributed by atoms with Gasteiger partial charge in [0.15, 0.2) is 5.78 Å². The number of anilines is 1. The standard InChI is InChI=1S/C25H31N7O3/c1-2-20(14-32-15-22(30-31-32)17-35-16-19-6-4-3-5-7-19)24(27)23(33)13-29-25(34)28-12-18-8-10-21(26)11-9-18/h3-11,15,20,27H,2,12-14,16-17,26H2,1H3,(H2,28,29,34)/t20-/m1/s1. The minimum Gasteiger partial charge on any atom is -0.399 e. The maximum Gasteiger partial charge on any atom is 0.315 e. The average Bonchev–Trinajstić information content (AvgIpc) is 3.33. The molecule has 0 aliphatic heterocycles. The second-order valence-electron chi connectivity index (χ2n) is 8.13. The SMILES string of the molecule is CC[C@H](Cn1cc(COCc2ccccc2)nn1)C(=N)C(=O)CNC(=O)NCc1ccc(N)cc1. The van der Waals surface area contributed by atoms with Gasteiger partial charge < -0.3 is 26.5 Å². The zero-order valence-corrected chi connectivity index (χ0v) is 19.7. The maximum atomic E-state index is 12.5. The molecule has 0 unspecified atom stereocenters. The van der Waals surface area contributed by atoms with Gasteiger partial charge in [-0.1, -0.05) is 54.6 Å². The minimum absolute atomic E-state index is 0.0521. The van der Waals surface area contributed by atoms with Crippen LogP contribution in [0.15, 0.2) is 60.8 Å². The zero-order chi connectivity index (χ0) is 25.0. The molecule has 2 aromatic carbocycles. The zero-order valence-electron chi connectivity index (χ0n) is 19.7. The number of Topliss-reactive ketones (excluding diaryl/α,β-unsaturated/α-hetero) is 1. The van der Waals surface area contributed by atoms with E-state index in [1.807, 2.05) is 49.4 Å². The molecule has 0 saturated carbocycles. The summed E-state index contributed by atoms with van der Waals surface area (Å²) >= 11 is 0. The van der Waals surface area contributed by atoms with E-state index in [0.29, 0.717) is 44.1 Å². The van der Waals surface area contributed by atoms with E-state index in [4.69, 9.17) is 15.9 Å². The molecule has 3 aromatic rings. The van der Waals surface area contributed by atoms with E-state index >= 15 is 0 Å². The van der Waals surface area contributed by atoms with Crippen molar-refractivity contribution in [3.63, 3.8) is 0 Å². The summed E-state index contributed by atoms with van der Waals surface area (Å²) in [5.74, 6) is -0.784. The molecule has 2 amide bonds. The number of nitrogens with one attached hydrogen (secondary N) is 3. The average molecular weight is 478 g/mol. The number of urea groups is 1. The van der Waals surface area contributed by atoms with Crippen molar-refractivity contribution in [1.82, 2.24) is 25.6 Å². The van der Waals surface area contributed by atoms with Crippen molar-refractivity contribution in [2.24, 2.45) is 5.92 Å². The van der Waals surface area contributed by atoms with Crippen LogP contribution in [0.2, 0.25) is 0 Å². The number of ketones is 1. The van der Waals surface area contributed by atoms with Crippen molar-refractivity contribution < 1.29 is 14.3 Å². The Morgan fingerprint density at radius 1 is 1.06 bits per heavy atom. The number of hydrogen-bond donors (Lipinski definition) is 4.